The molecule has 1 N–H and O–H groups in total. The first kappa shape index (κ1) is 25.8. The van der Waals surface area contributed by atoms with Crippen molar-refractivity contribution in [2.45, 2.75) is 44.1 Å². The standard InChI is InChI=1S/C25H34N2O2.2ClH/c28-24(19-26-15-17-27(18-16-26)23-9-5-2-6-10-23)20-29-25-13-11-22(12-14-25)21-7-3-1-4-8-21;;/h2,5-6,9-14,21,24,28H,1,3-4,7-8,15-20H2;2*1H. The van der Waals surface area contributed by atoms with Crippen molar-refractivity contribution in [1.29, 1.82) is 0 Å². The predicted molar refractivity (Wildman–Crippen MR) is 133 cm³/mol. The molecule has 0 aromatic heterocycles. The van der Waals surface area contributed by atoms with E-state index in [4.69, 9.17) is 4.74 Å². The normalized spacial score (nSPS) is 18.5. The van der Waals surface area contributed by atoms with Crippen molar-refractivity contribution >= 4 is 30.5 Å². The van der Waals surface area contributed by atoms with Gasteiger partial charge in [-0.15, -0.1) is 24.8 Å². The Hall–Kier alpha value is -1.46. The molecule has 4 rings (SSSR count). The Labute approximate surface area is 199 Å². The first-order valence-electron chi connectivity index (χ1n) is 11.2. The Balaban J connectivity index is 0.00000171. The highest BCUT2D eigenvalue weighted by atomic mass is 35.5. The van der Waals surface area contributed by atoms with Crippen molar-refractivity contribution in [3.8, 4) is 5.75 Å². The van der Waals surface area contributed by atoms with Gasteiger partial charge in [0.15, 0.2) is 0 Å². The molecule has 4 nitrogen and oxygen atoms in total. The fourth-order valence-electron chi connectivity index (χ4n) is 4.64. The third-order valence-electron chi connectivity index (χ3n) is 6.36. The van der Waals surface area contributed by atoms with Crippen LogP contribution in [0.5, 0.6) is 5.75 Å². The van der Waals surface area contributed by atoms with Crippen LogP contribution in [0.25, 0.3) is 0 Å². The molecule has 6 heteroatoms. The van der Waals surface area contributed by atoms with Crippen LogP contribution in [0.1, 0.15) is 43.6 Å². The van der Waals surface area contributed by atoms with Gasteiger partial charge in [0.1, 0.15) is 18.5 Å². The van der Waals surface area contributed by atoms with E-state index in [9.17, 15) is 5.11 Å². The zero-order valence-corrected chi connectivity index (χ0v) is 19.8. The van der Waals surface area contributed by atoms with E-state index in [0.29, 0.717) is 13.2 Å². The van der Waals surface area contributed by atoms with E-state index in [0.717, 1.165) is 37.8 Å². The smallest absolute Gasteiger partial charge is 0.119 e. The highest BCUT2D eigenvalue weighted by molar-refractivity contribution is 5.85. The highest BCUT2D eigenvalue weighted by Gasteiger charge is 2.20. The fraction of sp³-hybridized carbons (Fsp3) is 0.520. The lowest BCUT2D eigenvalue weighted by atomic mass is 9.84. The molecule has 1 unspecified atom stereocenters. The van der Waals surface area contributed by atoms with Crippen molar-refractivity contribution in [2.75, 3.05) is 44.2 Å². The molecule has 0 amide bonds. The number of hydrogen-bond donors (Lipinski definition) is 1. The molecule has 2 aromatic carbocycles. The molecule has 2 fully saturated rings. The van der Waals surface area contributed by atoms with Crippen LogP contribution in [0.4, 0.5) is 5.69 Å². The molecule has 1 saturated heterocycles. The average molecular weight is 467 g/mol. The molecule has 1 heterocycles. The Morgan fingerprint density at radius 3 is 2.13 bits per heavy atom. The second kappa shape index (κ2) is 13.2. The summed E-state index contributed by atoms with van der Waals surface area (Å²) in [6.45, 7) is 4.97. The first-order chi connectivity index (χ1) is 14.3. The van der Waals surface area contributed by atoms with Crippen LogP contribution in [0.3, 0.4) is 0 Å². The van der Waals surface area contributed by atoms with E-state index in [2.05, 4.69) is 64.4 Å². The molecule has 172 valence electrons. The molecule has 1 aliphatic carbocycles. The summed E-state index contributed by atoms with van der Waals surface area (Å²) in [5.74, 6) is 1.58. The van der Waals surface area contributed by atoms with Gasteiger partial charge in [-0.05, 0) is 48.6 Å². The topological polar surface area (TPSA) is 35.9 Å². The van der Waals surface area contributed by atoms with E-state index in [1.807, 2.05) is 0 Å². The first-order valence-corrected chi connectivity index (χ1v) is 11.2. The SMILES string of the molecule is Cl.Cl.OC(COc1ccc(C2CCCCC2)cc1)CN1CCN(c2ccccc2)CC1. The van der Waals surface area contributed by atoms with Gasteiger partial charge in [-0.25, -0.2) is 0 Å². The summed E-state index contributed by atoms with van der Waals surface area (Å²) in [6.07, 6.45) is 6.27. The lowest BCUT2D eigenvalue weighted by molar-refractivity contribution is 0.0663. The third kappa shape index (κ3) is 7.57. The van der Waals surface area contributed by atoms with Crippen LogP contribution < -0.4 is 9.64 Å². The molecule has 2 aliphatic rings. The largest absolute Gasteiger partial charge is 0.491 e. The lowest BCUT2D eigenvalue weighted by Gasteiger charge is -2.36. The molecule has 0 radical (unpaired) electrons. The van der Waals surface area contributed by atoms with Crippen LogP contribution in [-0.2, 0) is 0 Å². The Kier molecular flexibility index (Phi) is 11.0. The van der Waals surface area contributed by atoms with E-state index >= 15 is 0 Å². The molecular weight excluding hydrogens is 431 g/mol. The zero-order chi connectivity index (χ0) is 19.9. The van der Waals surface area contributed by atoms with Crippen molar-refractivity contribution in [3.05, 3.63) is 60.2 Å². The van der Waals surface area contributed by atoms with Crippen molar-refractivity contribution in [2.24, 2.45) is 0 Å². The van der Waals surface area contributed by atoms with Crippen molar-refractivity contribution < 1.29 is 9.84 Å². The maximum Gasteiger partial charge on any atom is 0.119 e. The Bertz CT molecular complexity index is 731. The summed E-state index contributed by atoms with van der Waals surface area (Å²) >= 11 is 0. The van der Waals surface area contributed by atoms with Gasteiger partial charge in [-0.3, -0.25) is 4.90 Å². The average Bonchev–Trinajstić information content (AvgIpc) is 2.80. The zero-order valence-electron chi connectivity index (χ0n) is 18.2. The highest BCUT2D eigenvalue weighted by Crippen LogP contribution is 2.33. The number of benzene rings is 2. The van der Waals surface area contributed by atoms with Crippen LogP contribution >= 0.6 is 24.8 Å². The number of nitrogens with zero attached hydrogens (tertiary/aromatic N) is 2. The monoisotopic (exact) mass is 466 g/mol. The van der Waals surface area contributed by atoms with E-state index < -0.39 is 6.10 Å². The van der Waals surface area contributed by atoms with Crippen molar-refractivity contribution in [3.63, 3.8) is 0 Å². The molecular formula is C25H36Cl2N2O2. The second-order valence-corrected chi connectivity index (χ2v) is 8.49. The molecule has 1 atom stereocenters. The van der Waals surface area contributed by atoms with Crippen LogP contribution in [0.15, 0.2) is 54.6 Å². The molecule has 2 aromatic rings. The molecule has 31 heavy (non-hydrogen) atoms. The summed E-state index contributed by atoms with van der Waals surface area (Å²) in [4.78, 5) is 4.74. The molecule has 1 saturated carbocycles. The minimum absolute atomic E-state index is 0. The third-order valence-corrected chi connectivity index (χ3v) is 6.36. The van der Waals surface area contributed by atoms with Gasteiger partial charge < -0.3 is 14.7 Å². The number of β-amino-alcohol motifs (C(OH)–C–C–N with tert-alkyl or cyclic N) is 1. The van der Waals surface area contributed by atoms with Crippen LogP contribution in [0, 0.1) is 0 Å². The molecule has 0 bridgehead atoms. The van der Waals surface area contributed by atoms with Gasteiger partial charge in [0.25, 0.3) is 0 Å². The minimum Gasteiger partial charge on any atom is -0.491 e. The Morgan fingerprint density at radius 1 is 0.839 bits per heavy atom. The van der Waals surface area contributed by atoms with E-state index in [-0.39, 0.29) is 24.8 Å². The van der Waals surface area contributed by atoms with Gasteiger partial charge in [-0.2, -0.15) is 0 Å². The molecule has 0 spiro atoms. The maximum absolute atomic E-state index is 10.4. The number of hydrogen-bond acceptors (Lipinski definition) is 4. The number of ether oxygens (including phenoxy) is 1. The number of aliphatic hydroxyl groups excluding tert-OH is 1. The lowest BCUT2D eigenvalue weighted by Crippen LogP contribution is -2.49. The van der Waals surface area contributed by atoms with Gasteiger partial charge >= 0.3 is 0 Å². The van der Waals surface area contributed by atoms with Gasteiger partial charge in [0.2, 0.25) is 0 Å². The maximum atomic E-state index is 10.4. The quantitative estimate of drug-likeness (QED) is 0.612. The summed E-state index contributed by atoms with van der Waals surface area (Å²) in [7, 11) is 0. The summed E-state index contributed by atoms with van der Waals surface area (Å²) < 4.78 is 5.86. The van der Waals surface area contributed by atoms with Gasteiger partial charge in [-0.1, -0.05) is 49.6 Å². The van der Waals surface area contributed by atoms with E-state index in [1.54, 1.807) is 0 Å². The van der Waals surface area contributed by atoms with Crippen LogP contribution in [-0.4, -0.2) is 55.4 Å². The number of aliphatic hydroxyl groups is 1. The summed E-state index contributed by atoms with van der Waals surface area (Å²) in [5, 5.41) is 10.4. The minimum atomic E-state index is -0.462. The number of rotatable bonds is 7. The molecule has 1 aliphatic heterocycles. The van der Waals surface area contributed by atoms with Crippen LogP contribution in [0.2, 0.25) is 0 Å². The number of halogens is 2. The van der Waals surface area contributed by atoms with Gasteiger partial charge in [0.05, 0.1) is 0 Å². The van der Waals surface area contributed by atoms with Gasteiger partial charge in [0, 0.05) is 38.4 Å². The number of anilines is 1. The summed E-state index contributed by atoms with van der Waals surface area (Å²) in [5.41, 5.74) is 2.72. The Morgan fingerprint density at radius 2 is 1.48 bits per heavy atom. The van der Waals surface area contributed by atoms with Crippen molar-refractivity contribution in [1.82, 2.24) is 4.90 Å². The number of para-hydroxylation sites is 1. The second-order valence-electron chi connectivity index (χ2n) is 8.49. The van der Waals surface area contributed by atoms with E-state index in [1.165, 1.54) is 43.4 Å². The number of piperazine rings is 1. The summed E-state index contributed by atoms with van der Waals surface area (Å²) in [6, 6.07) is 19.1. The predicted octanol–water partition coefficient (Wildman–Crippen LogP) is 5.14. The fourth-order valence-corrected chi connectivity index (χ4v) is 4.64.